The topological polar surface area (TPSA) is 79.8 Å². The maximum atomic E-state index is 13.4. The molecule has 2 aromatic rings. The molecule has 0 unspecified atom stereocenters. The number of carbonyl (C=O) groups excluding carboxylic acids is 1. The zero-order valence-corrected chi connectivity index (χ0v) is 21.8. The SMILES string of the molecule is CO[C@H]1COCC[C@H]1NC1CCN(C(=O)c2nncc(N3CCc4ccc(C(F)(F)F)cc4C3)c2C)CC1. The Morgan fingerprint density at radius 1 is 1.16 bits per heavy atom. The molecular weight excluding hydrogens is 499 g/mol. The van der Waals surface area contributed by atoms with Gasteiger partial charge in [-0.1, -0.05) is 6.07 Å². The second-order valence-corrected chi connectivity index (χ2v) is 10.3. The monoisotopic (exact) mass is 533 g/mol. The molecule has 3 aliphatic rings. The summed E-state index contributed by atoms with van der Waals surface area (Å²) in [7, 11) is 1.70. The van der Waals surface area contributed by atoms with Gasteiger partial charge in [0.1, 0.15) is 0 Å². The Morgan fingerprint density at radius 3 is 2.68 bits per heavy atom. The smallest absolute Gasteiger partial charge is 0.379 e. The van der Waals surface area contributed by atoms with Crippen molar-refractivity contribution in [1.29, 1.82) is 0 Å². The van der Waals surface area contributed by atoms with E-state index in [4.69, 9.17) is 9.47 Å². The quantitative estimate of drug-likeness (QED) is 0.632. The first-order valence-electron chi connectivity index (χ1n) is 13.2. The molecule has 38 heavy (non-hydrogen) atoms. The maximum Gasteiger partial charge on any atom is 0.416 e. The van der Waals surface area contributed by atoms with Crippen LogP contribution in [-0.4, -0.2) is 79.1 Å². The van der Waals surface area contributed by atoms with Gasteiger partial charge in [-0.05, 0) is 55.9 Å². The number of nitrogens with zero attached hydrogens (tertiary/aromatic N) is 4. The third-order valence-electron chi connectivity index (χ3n) is 8.01. The number of ether oxygens (including phenoxy) is 2. The summed E-state index contributed by atoms with van der Waals surface area (Å²) < 4.78 is 50.8. The molecule has 0 saturated carbocycles. The molecule has 4 heterocycles. The van der Waals surface area contributed by atoms with Crippen LogP contribution in [0.1, 0.15) is 52.0 Å². The first-order chi connectivity index (χ1) is 18.2. The molecule has 2 saturated heterocycles. The first kappa shape index (κ1) is 26.8. The van der Waals surface area contributed by atoms with E-state index < -0.39 is 11.7 Å². The number of halogens is 3. The van der Waals surface area contributed by atoms with Gasteiger partial charge in [-0.25, -0.2) is 0 Å². The van der Waals surface area contributed by atoms with E-state index in [0.717, 1.165) is 43.2 Å². The summed E-state index contributed by atoms with van der Waals surface area (Å²) in [5.41, 5.74) is 2.64. The average Bonchev–Trinajstić information content (AvgIpc) is 2.92. The Morgan fingerprint density at radius 2 is 1.95 bits per heavy atom. The summed E-state index contributed by atoms with van der Waals surface area (Å²) >= 11 is 0. The van der Waals surface area contributed by atoms with E-state index in [1.807, 2.05) is 16.7 Å². The number of hydrogen-bond donors (Lipinski definition) is 1. The summed E-state index contributed by atoms with van der Waals surface area (Å²) in [5.74, 6) is -0.159. The van der Waals surface area contributed by atoms with Crippen LogP contribution in [-0.2, 0) is 28.6 Å². The normalized spacial score (nSPS) is 22.9. The molecule has 3 aliphatic heterocycles. The van der Waals surface area contributed by atoms with Crippen molar-refractivity contribution < 1.29 is 27.4 Å². The largest absolute Gasteiger partial charge is 0.416 e. The average molecular weight is 534 g/mol. The van der Waals surface area contributed by atoms with Crippen molar-refractivity contribution in [1.82, 2.24) is 20.4 Å². The highest BCUT2D eigenvalue weighted by molar-refractivity contribution is 5.95. The number of piperidine rings is 1. The van der Waals surface area contributed by atoms with Gasteiger partial charge in [-0.15, -0.1) is 5.10 Å². The van der Waals surface area contributed by atoms with Gasteiger partial charge in [0.05, 0.1) is 30.2 Å². The highest BCUT2D eigenvalue weighted by Crippen LogP contribution is 2.34. The second kappa shape index (κ2) is 11.2. The number of anilines is 1. The van der Waals surface area contributed by atoms with E-state index in [9.17, 15) is 18.0 Å². The number of hydrogen-bond acceptors (Lipinski definition) is 7. The maximum absolute atomic E-state index is 13.4. The molecule has 1 aromatic carbocycles. The molecule has 11 heteroatoms. The summed E-state index contributed by atoms with van der Waals surface area (Å²) in [6.07, 6.45) is 0.427. The summed E-state index contributed by atoms with van der Waals surface area (Å²) in [4.78, 5) is 17.2. The molecule has 1 N–H and O–H groups in total. The van der Waals surface area contributed by atoms with Gasteiger partial charge >= 0.3 is 6.18 Å². The number of amides is 1. The van der Waals surface area contributed by atoms with Crippen LogP contribution in [0.3, 0.4) is 0 Å². The second-order valence-electron chi connectivity index (χ2n) is 10.3. The van der Waals surface area contributed by atoms with Crippen molar-refractivity contribution in [3.8, 4) is 0 Å². The lowest BCUT2D eigenvalue weighted by Gasteiger charge is -2.38. The van der Waals surface area contributed by atoms with E-state index in [0.29, 0.717) is 62.1 Å². The van der Waals surface area contributed by atoms with E-state index >= 15 is 0 Å². The van der Waals surface area contributed by atoms with Crippen molar-refractivity contribution >= 4 is 11.6 Å². The van der Waals surface area contributed by atoms with Crippen LogP contribution in [0, 0.1) is 6.92 Å². The fraction of sp³-hybridized carbons (Fsp3) is 0.593. The van der Waals surface area contributed by atoms with Crippen molar-refractivity contribution in [2.75, 3.05) is 44.9 Å². The minimum absolute atomic E-state index is 0.0332. The van der Waals surface area contributed by atoms with Crippen molar-refractivity contribution in [3.05, 3.63) is 52.3 Å². The van der Waals surface area contributed by atoms with Crippen LogP contribution in [0.4, 0.5) is 18.9 Å². The van der Waals surface area contributed by atoms with Gasteiger partial charge in [0.15, 0.2) is 5.69 Å². The minimum atomic E-state index is -4.38. The zero-order chi connectivity index (χ0) is 26.9. The lowest BCUT2D eigenvalue weighted by atomic mass is 9.96. The summed E-state index contributed by atoms with van der Waals surface area (Å²) in [5, 5.41) is 12.0. The number of fused-ring (bicyclic) bond motifs is 1. The molecule has 1 aromatic heterocycles. The van der Waals surface area contributed by atoms with Gasteiger partial charge in [0.2, 0.25) is 0 Å². The molecule has 1 amide bonds. The van der Waals surface area contributed by atoms with E-state index in [2.05, 4.69) is 15.5 Å². The highest BCUT2D eigenvalue weighted by atomic mass is 19.4. The van der Waals surface area contributed by atoms with E-state index in [1.54, 1.807) is 19.4 Å². The number of methoxy groups -OCH3 is 1. The summed E-state index contributed by atoms with van der Waals surface area (Å²) in [6, 6.07) is 4.48. The minimum Gasteiger partial charge on any atom is -0.379 e. The van der Waals surface area contributed by atoms with Gasteiger partial charge < -0.3 is 24.6 Å². The van der Waals surface area contributed by atoms with Gasteiger partial charge in [0.25, 0.3) is 5.91 Å². The molecule has 0 bridgehead atoms. The lowest BCUT2D eigenvalue weighted by molar-refractivity contribution is -0.137. The fourth-order valence-corrected chi connectivity index (χ4v) is 5.73. The number of rotatable bonds is 5. The van der Waals surface area contributed by atoms with Crippen LogP contribution in [0.15, 0.2) is 24.4 Å². The van der Waals surface area contributed by atoms with Gasteiger partial charge in [-0.3, -0.25) is 4.79 Å². The number of carbonyl (C=O) groups is 1. The Labute approximate surface area is 220 Å². The summed E-state index contributed by atoms with van der Waals surface area (Å²) in [6.45, 7) is 5.32. The zero-order valence-electron chi connectivity index (χ0n) is 21.8. The van der Waals surface area contributed by atoms with Crippen LogP contribution in [0.25, 0.3) is 0 Å². The highest BCUT2D eigenvalue weighted by Gasteiger charge is 2.33. The fourth-order valence-electron chi connectivity index (χ4n) is 5.73. The predicted octanol–water partition coefficient (Wildman–Crippen LogP) is 3.36. The molecule has 0 aliphatic carbocycles. The third kappa shape index (κ3) is 5.64. The van der Waals surface area contributed by atoms with Crippen molar-refractivity contribution in [2.24, 2.45) is 0 Å². The molecule has 0 radical (unpaired) electrons. The van der Waals surface area contributed by atoms with Gasteiger partial charge in [0, 0.05) is 57.5 Å². The first-order valence-corrected chi connectivity index (χ1v) is 13.2. The number of aromatic nitrogens is 2. The van der Waals surface area contributed by atoms with E-state index in [-0.39, 0.29) is 18.1 Å². The van der Waals surface area contributed by atoms with Gasteiger partial charge in [-0.2, -0.15) is 18.3 Å². The van der Waals surface area contributed by atoms with Crippen LogP contribution < -0.4 is 10.2 Å². The molecule has 2 fully saturated rings. The molecule has 0 spiro atoms. The molecular formula is C27H34F3N5O3. The van der Waals surface area contributed by atoms with E-state index in [1.165, 1.54) is 6.07 Å². The molecule has 8 nitrogen and oxygen atoms in total. The van der Waals surface area contributed by atoms with Crippen molar-refractivity contribution in [3.63, 3.8) is 0 Å². The van der Waals surface area contributed by atoms with Crippen LogP contribution >= 0.6 is 0 Å². The predicted molar refractivity (Wildman–Crippen MR) is 135 cm³/mol. The molecule has 2 atom stereocenters. The Hall–Kier alpha value is -2.76. The Bertz CT molecular complexity index is 1150. The lowest BCUT2D eigenvalue weighted by Crippen LogP contribution is -2.54. The molecule has 206 valence electrons. The third-order valence-corrected chi connectivity index (χ3v) is 8.01. The number of alkyl halides is 3. The standard InChI is InChI=1S/C27H34F3N5O3/c1-17-23(35-9-5-18-3-4-20(27(28,29)30)13-19(18)15-35)14-31-33-25(17)26(36)34-10-6-21(7-11-34)32-22-8-12-38-16-24(22)37-2/h3-4,13-14,21-22,24,32H,5-12,15-16H2,1-2H3/t22-,24+/m1/s1. The molecule has 5 rings (SSSR count). The number of benzene rings is 1. The van der Waals surface area contributed by atoms with Crippen molar-refractivity contribution in [2.45, 2.75) is 63.5 Å². The number of likely N-dealkylation sites (tertiary alicyclic amines) is 1. The Balaban J connectivity index is 1.24. The van der Waals surface area contributed by atoms with Crippen LogP contribution in [0.2, 0.25) is 0 Å². The Kier molecular flexibility index (Phi) is 7.88. The number of nitrogens with one attached hydrogen (secondary N) is 1. The van der Waals surface area contributed by atoms with Crippen LogP contribution in [0.5, 0.6) is 0 Å².